The normalized spacial score (nSPS) is 14.2. The summed E-state index contributed by atoms with van der Waals surface area (Å²) in [7, 11) is 0. The molecular weight excluding hydrogens is 372 g/mol. The van der Waals surface area contributed by atoms with Crippen LogP contribution in [-0.4, -0.2) is 9.50 Å². The molecule has 0 saturated carbocycles. The lowest BCUT2D eigenvalue weighted by atomic mass is 10.3. The van der Waals surface area contributed by atoms with Crippen LogP contribution in [-0.2, 0) is 0 Å². The molecule has 0 N–H and O–H groups in total. The summed E-state index contributed by atoms with van der Waals surface area (Å²) in [6, 6.07) is 15.6. The predicted molar refractivity (Wildman–Crippen MR) is 76.2 cm³/mol. The number of hydrogen-bond acceptors (Lipinski definition) is 2. The fourth-order valence-corrected chi connectivity index (χ4v) is 2.11. The van der Waals surface area contributed by atoms with E-state index in [-0.39, 0.29) is 0 Å². The first kappa shape index (κ1) is 12.6. The van der Waals surface area contributed by atoms with Crippen LogP contribution in [0.25, 0.3) is 0 Å². The first-order valence-electron chi connectivity index (χ1n) is 5.52. The maximum absolute atomic E-state index is 4.35. The smallest absolute Gasteiger partial charge is 0.0508 e. The molecule has 0 bridgehead atoms. The van der Waals surface area contributed by atoms with E-state index in [1.165, 1.54) is 4.81 Å². The van der Waals surface area contributed by atoms with Crippen molar-refractivity contribution in [3.8, 4) is 0 Å². The van der Waals surface area contributed by atoms with Crippen LogP contribution >= 0.6 is 31.9 Å². The molecule has 6 heteroatoms. The van der Waals surface area contributed by atoms with Crippen LogP contribution in [0.1, 0.15) is 0 Å². The molecule has 0 atom stereocenters. The average molecular weight is 380 g/mol. The molecule has 0 aliphatic carbocycles. The van der Waals surface area contributed by atoms with Gasteiger partial charge in [0, 0.05) is 37.9 Å². The van der Waals surface area contributed by atoms with Crippen LogP contribution in [0.2, 0.25) is 0 Å². The summed E-state index contributed by atoms with van der Waals surface area (Å²) in [5.41, 5.74) is 1.79. The maximum Gasteiger partial charge on any atom is 0.555 e. The quantitative estimate of drug-likeness (QED) is 0.655. The minimum absolute atomic E-state index is 0.885. The van der Waals surface area contributed by atoms with Crippen molar-refractivity contribution < 1.29 is 9.50 Å². The molecule has 1 aliphatic heterocycles. The second kappa shape index (κ2) is 5.30. The van der Waals surface area contributed by atoms with Gasteiger partial charge >= 0.3 is 11.9 Å². The van der Waals surface area contributed by atoms with Gasteiger partial charge in [-0.25, -0.2) is 0 Å². The van der Waals surface area contributed by atoms with E-state index < -0.39 is 0 Å². The summed E-state index contributed by atoms with van der Waals surface area (Å²) >= 11 is 6.80. The minimum Gasteiger partial charge on any atom is -0.0508 e. The highest BCUT2D eigenvalue weighted by molar-refractivity contribution is 9.10. The summed E-state index contributed by atoms with van der Waals surface area (Å²) in [6.07, 6.45) is 0. The summed E-state index contributed by atoms with van der Waals surface area (Å²) in [4.78, 5) is 1.54. The summed E-state index contributed by atoms with van der Waals surface area (Å²) in [5, 5.41) is 8.48. The lowest BCUT2D eigenvalue weighted by Crippen LogP contribution is -1.94. The molecular formula is C13H8Br2N4+2. The van der Waals surface area contributed by atoms with E-state index in [1.54, 1.807) is 4.70 Å². The number of rotatable bonds is 2. The number of benzene rings is 2. The Morgan fingerprint density at radius 1 is 0.789 bits per heavy atom. The molecule has 0 aromatic heterocycles. The minimum atomic E-state index is 0.885. The lowest BCUT2D eigenvalue weighted by Gasteiger charge is -1.88. The summed E-state index contributed by atoms with van der Waals surface area (Å²) in [5.74, 6) is 0. The largest absolute Gasteiger partial charge is 0.555 e. The molecule has 3 rings (SSSR count). The van der Waals surface area contributed by atoms with Gasteiger partial charge in [-0.3, -0.25) is 0 Å². The molecule has 2 aromatic carbocycles. The molecule has 1 aliphatic rings. The lowest BCUT2D eigenvalue weighted by molar-refractivity contribution is -0.616. The van der Waals surface area contributed by atoms with Gasteiger partial charge in [-0.15, -0.1) is 0 Å². The molecule has 0 saturated heterocycles. The van der Waals surface area contributed by atoms with Gasteiger partial charge in [-0.2, -0.15) is 0 Å². The van der Waals surface area contributed by atoms with Crippen molar-refractivity contribution >= 4 is 43.2 Å². The molecule has 2 radical (unpaired) electrons. The Morgan fingerprint density at radius 3 is 1.89 bits per heavy atom. The fraction of sp³-hybridized carbons (Fsp3) is 0. The fourth-order valence-electron chi connectivity index (χ4n) is 1.58. The molecule has 92 valence electrons. The van der Waals surface area contributed by atoms with Crippen LogP contribution in [0.15, 0.2) is 67.8 Å². The Labute approximate surface area is 127 Å². The Balaban J connectivity index is 1.87. The number of nitrogens with zero attached hydrogens (tertiary/aromatic N) is 4. The van der Waals surface area contributed by atoms with E-state index in [2.05, 4.69) is 48.9 Å². The van der Waals surface area contributed by atoms with Gasteiger partial charge in [-0.1, -0.05) is 31.9 Å². The van der Waals surface area contributed by atoms with E-state index in [0.29, 0.717) is 0 Å². The van der Waals surface area contributed by atoms with Crippen molar-refractivity contribution in [1.29, 1.82) is 0 Å². The topological polar surface area (TPSA) is 30.7 Å². The molecule has 1 heterocycles. The van der Waals surface area contributed by atoms with Gasteiger partial charge in [0.05, 0.1) is 0 Å². The highest BCUT2D eigenvalue weighted by Crippen LogP contribution is 2.24. The Hall–Kier alpha value is -1.40. The van der Waals surface area contributed by atoms with Gasteiger partial charge in [-0.05, 0) is 24.3 Å². The van der Waals surface area contributed by atoms with Crippen LogP contribution in [0.5, 0.6) is 0 Å². The zero-order chi connectivity index (χ0) is 13.2. The molecule has 0 fully saturated rings. The van der Waals surface area contributed by atoms with E-state index in [9.17, 15) is 0 Å². The van der Waals surface area contributed by atoms with E-state index in [0.717, 1.165) is 20.3 Å². The molecule has 0 spiro atoms. The van der Waals surface area contributed by atoms with Crippen molar-refractivity contribution in [3.63, 3.8) is 0 Å². The van der Waals surface area contributed by atoms with Crippen LogP contribution < -0.4 is 0 Å². The molecule has 0 amide bonds. The van der Waals surface area contributed by atoms with Crippen molar-refractivity contribution in [1.82, 2.24) is 0 Å². The van der Waals surface area contributed by atoms with Gasteiger partial charge in [0.15, 0.2) is 0 Å². The zero-order valence-electron chi connectivity index (χ0n) is 9.66. The van der Waals surface area contributed by atoms with Gasteiger partial charge in [0.25, 0.3) is 5.69 Å². The van der Waals surface area contributed by atoms with E-state index in [1.807, 2.05) is 48.5 Å². The highest BCUT2D eigenvalue weighted by atomic mass is 79.9. The maximum atomic E-state index is 4.35. The van der Waals surface area contributed by atoms with E-state index >= 15 is 0 Å². The average Bonchev–Trinajstić information content (AvgIpc) is 2.90. The van der Waals surface area contributed by atoms with Crippen LogP contribution in [0, 0.1) is 6.67 Å². The van der Waals surface area contributed by atoms with Crippen molar-refractivity contribution in [2.24, 2.45) is 10.3 Å². The predicted octanol–water partition coefficient (Wildman–Crippen LogP) is 5.03. The third-order valence-electron chi connectivity index (χ3n) is 2.54. The Bertz CT molecular complexity index is 660. The van der Waals surface area contributed by atoms with Crippen LogP contribution in [0.3, 0.4) is 0 Å². The molecule has 0 unspecified atom stereocenters. The highest BCUT2D eigenvalue weighted by Gasteiger charge is 2.33. The second-order valence-corrected chi connectivity index (χ2v) is 5.67. The van der Waals surface area contributed by atoms with Crippen LogP contribution in [0.4, 0.5) is 11.4 Å². The van der Waals surface area contributed by atoms with Gasteiger partial charge in [0.2, 0.25) is 5.69 Å². The van der Waals surface area contributed by atoms with Gasteiger partial charge < -0.3 is 0 Å². The van der Waals surface area contributed by atoms with E-state index in [4.69, 9.17) is 0 Å². The van der Waals surface area contributed by atoms with Crippen molar-refractivity contribution in [2.75, 3.05) is 0 Å². The molecule has 4 nitrogen and oxygen atoms in total. The van der Waals surface area contributed by atoms with Crippen molar-refractivity contribution in [2.45, 2.75) is 0 Å². The zero-order valence-corrected chi connectivity index (χ0v) is 12.8. The number of halogens is 2. The molecule has 19 heavy (non-hydrogen) atoms. The third-order valence-corrected chi connectivity index (χ3v) is 3.59. The van der Waals surface area contributed by atoms with Gasteiger partial charge in [0.1, 0.15) is 9.92 Å². The molecule has 2 aromatic rings. The SMILES string of the molecule is Brc1ccc([N+]2=N[N+](c3ccc(Br)cc3)=N[C]2)cc1. The first-order valence-corrected chi connectivity index (χ1v) is 7.10. The standard InChI is InChI=1S/C13H8Br2N4/c14-10-1-5-12(6-2-10)18-9-16-19(17-18)13-7-3-11(15)4-8-13/h1-8H/q+2. The Morgan fingerprint density at radius 2 is 1.32 bits per heavy atom. The third kappa shape index (κ3) is 2.79. The van der Waals surface area contributed by atoms with Crippen molar-refractivity contribution in [3.05, 3.63) is 64.1 Å². The number of azo groups is 1. The monoisotopic (exact) mass is 378 g/mol. The summed E-state index contributed by atoms with van der Waals surface area (Å²) < 4.78 is 3.65. The first-order chi connectivity index (χ1) is 9.22. The second-order valence-electron chi connectivity index (χ2n) is 3.84. The summed E-state index contributed by atoms with van der Waals surface area (Å²) in [6.45, 7) is 2.85. The number of hydrogen-bond donors (Lipinski definition) is 0. The Kier molecular flexibility index (Phi) is 3.52.